The van der Waals surface area contributed by atoms with Gasteiger partial charge in [0, 0.05) is 42.2 Å². The van der Waals surface area contributed by atoms with Gasteiger partial charge in [0.1, 0.15) is 12.4 Å². The van der Waals surface area contributed by atoms with E-state index < -0.39 is 46.7 Å². The number of halogens is 4. The monoisotopic (exact) mass is 588 g/mol. The number of carbonyl (C=O) groups excluding carboxylic acids is 1. The van der Waals surface area contributed by atoms with Gasteiger partial charge < -0.3 is 19.6 Å². The summed E-state index contributed by atoms with van der Waals surface area (Å²) < 4.78 is 72.3. The Hall–Kier alpha value is -2.77. The van der Waals surface area contributed by atoms with Crippen LogP contribution in [0.4, 0.5) is 23.7 Å². The van der Waals surface area contributed by atoms with Gasteiger partial charge in [-0.05, 0) is 49.1 Å². The van der Waals surface area contributed by atoms with E-state index >= 15 is 0 Å². The summed E-state index contributed by atoms with van der Waals surface area (Å²) in [5.41, 5.74) is 0.0965. The van der Waals surface area contributed by atoms with Crippen LogP contribution in [0, 0.1) is 6.92 Å². The van der Waals surface area contributed by atoms with E-state index in [1.807, 2.05) is 19.1 Å². The Bertz CT molecular complexity index is 1410. The Morgan fingerprint density at radius 3 is 2.49 bits per heavy atom. The average Bonchev–Trinajstić information content (AvgIpc) is 2.98. The summed E-state index contributed by atoms with van der Waals surface area (Å²) in [7, 11) is -3.59. The van der Waals surface area contributed by atoms with E-state index in [1.165, 1.54) is 11.1 Å². The number of nitrogens with one attached hydrogen (secondary N) is 1. The van der Waals surface area contributed by atoms with Crippen LogP contribution in [0.5, 0.6) is 5.75 Å². The summed E-state index contributed by atoms with van der Waals surface area (Å²) in [5, 5.41) is 10.3. The van der Waals surface area contributed by atoms with Gasteiger partial charge in [-0.3, -0.25) is 4.72 Å². The smallest absolute Gasteiger partial charge is 0.417 e. The van der Waals surface area contributed by atoms with Crippen LogP contribution < -0.4 is 9.46 Å². The van der Waals surface area contributed by atoms with Crippen LogP contribution in [-0.2, 0) is 16.6 Å². The van der Waals surface area contributed by atoms with Crippen LogP contribution in [0.2, 0.25) is 5.15 Å². The summed E-state index contributed by atoms with van der Waals surface area (Å²) in [6, 6.07) is 3.47. The first-order chi connectivity index (χ1) is 18.1. The van der Waals surface area contributed by atoms with Crippen molar-refractivity contribution < 1.29 is 36.2 Å². The highest BCUT2D eigenvalue weighted by atomic mass is 35.5. The maximum Gasteiger partial charge on any atom is 0.417 e. The van der Waals surface area contributed by atoms with Crippen molar-refractivity contribution in [1.29, 1.82) is 0 Å². The first-order valence-electron chi connectivity index (χ1n) is 12.4. The Labute approximate surface area is 228 Å². The molecule has 2 fully saturated rings. The van der Waals surface area contributed by atoms with Gasteiger partial charge in [-0.1, -0.05) is 11.6 Å². The molecule has 3 aliphatic heterocycles. The number of ether oxygens (including phenoxy) is 1. The topological polar surface area (TPSA) is 112 Å². The first kappa shape index (κ1) is 27.8. The average molecular weight is 589 g/mol. The molecular weight excluding hydrogens is 561 g/mol. The zero-order valence-electron chi connectivity index (χ0n) is 21.3. The number of benzene rings is 1. The lowest BCUT2D eigenvalue weighted by Gasteiger charge is -2.45. The molecule has 2 N–H and O–H groups in total. The maximum absolute atomic E-state index is 13.6. The number of aryl methyl sites for hydroxylation is 1. The second-order valence-corrected chi connectivity index (χ2v) is 12.6. The SMILES string of the molecule is Cc1cc(-c2cnc(Cl)c(NS(C)(=O)=O)c2)cc2c1OCCN(C(=O)N1C3CCC1CC(O)(C(F)(F)F)C3)C2. The molecule has 0 spiro atoms. The van der Waals surface area contributed by atoms with E-state index in [0.29, 0.717) is 35.3 Å². The van der Waals surface area contributed by atoms with Crippen molar-refractivity contribution in [3.63, 3.8) is 0 Å². The molecule has 14 heteroatoms. The molecule has 1 aromatic heterocycles. The number of hydrogen-bond acceptors (Lipinski definition) is 6. The molecular formula is C25H28ClF3N4O5S. The third-order valence-corrected chi connectivity index (χ3v) is 8.47. The van der Waals surface area contributed by atoms with Gasteiger partial charge in [-0.15, -0.1) is 0 Å². The number of nitrogens with zero attached hydrogens (tertiary/aromatic N) is 3. The van der Waals surface area contributed by atoms with Gasteiger partial charge in [0.15, 0.2) is 10.8 Å². The van der Waals surface area contributed by atoms with Crippen molar-refractivity contribution in [3.8, 4) is 16.9 Å². The number of anilines is 1. The number of amides is 2. The van der Waals surface area contributed by atoms with Crippen LogP contribution in [-0.4, -0.2) is 77.6 Å². The number of pyridine rings is 1. The summed E-state index contributed by atoms with van der Waals surface area (Å²) in [5.74, 6) is 0.610. The third kappa shape index (κ3) is 5.36. The largest absolute Gasteiger partial charge is 0.491 e. The van der Waals surface area contributed by atoms with Gasteiger partial charge in [-0.2, -0.15) is 13.2 Å². The molecule has 0 saturated carbocycles. The Morgan fingerprint density at radius 2 is 1.87 bits per heavy atom. The van der Waals surface area contributed by atoms with Crippen molar-refractivity contribution in [3.05, 3.63) is 40.7 Å². The Balaban J connectivity index is 1.42. The predicted molar refractivity (Wildman–Crippen MR) is 138 cm³/mol. The van der Waals surface area contributed by atoms with E-state index in [-0.39, 0.29) is 36.6 Å². The zero-order chi connectivity index (χ0) is 28.3. The fourth-order valence-electron chi connectivity index (χ4n) is 5.85. The number of carbonyl (C=O) groups is 1. The molecule has 0 aliphatic carbocycles. The minimum absolute atomic E-state index is 0.00987. The number of aromatic nitrogens is 1. The predicted octanol–water partition coefficient (Wildman–Crippen LogP) is 4.32. The highest BCUT2D eigenvalue weighted by Crippen LogP contribution is 2.48. The van der Waals surface area contributed by atoms with Crippen LogP contribution >= 0.6 is 11.6 Å². The summed E-state index contributed by atoms with van der Waals surface area (Å²) in [6.07, 6.45) is -2.49. The van der Waals surface area contributed by atoms with E-state index in [2.05, 4.69) is 9.71 Å². The lowest BCUT2D eigenvalue weighted by atomic mass is 9.85. The molecule has 2 amide bonds. The molecule has 39 heavy (non-hydrogen) atoms. The van der Waals surface area contributed by atoms with Gasteiger partial charge in [0.05, 0.1) is 25.0 Å². The number of fused-ring (bicyclic) bond motifs is 3. The van der Waals surface area contributed by atoms with Gasteiger partial charge in [0.2, 0.25) is 10.0 Å². The minimum atomic E-state index is -4.75. The fraction of sp³-hybridized carbons (Fsp3) is 0.520. The van der Waals surface area contributed by atoms with E-state index in [1.54, 1.807) is 11.0 Å². The standard InChI is InChI=1S/C25H28ClF3N4O5S/c1-14-7-15(16-9-20(22(26)30-12-16)31-39(2,36)37)8-17-13-32(5-6-38-21(14)17)23(34)33-18-3-4-19(33)11-24(35,10-18)25(27,28)29/h7-9,12,18-19,31,35H,3-6,10-11,13H2,1-2H3. The van der Waals surface area contributed by atoms with Crippen molar-refractivity contribution in [2.45, 2.75) is 63.0 Å². The van der Waals surface area contributed by atoms with Crippen molar-refractivity contribution >= 4 is 33.3 Å². The lowest BCUT2D eigenvalue weighted by Crippen LogP contribution is -2.60. The number of urea groups is 1. The highest BCUT2D eigenvalue weighted by molar-refractivity contribution is 7.92. The molecule has 4 heterocycles. The molecule has 2 atom stereocenters. The number of sulfonamides is 1. The molecule has 2 bridgehead atoms. The molecule has 2 unspecified atom stereocenters. The van der Waals surface area contributed by atoms with Crippen molar-refractivity contribution in [2.75, 3.05) is 24.1 Å². The van der Waals surface area contributed by atoms with Crippen LogP contribution in [0.15, 0.2) is 24.4 Å². The van der Waals surface area contributed by atoms with Crippen LogP contribution in [0.1, 0.15) is 36.8 Å². The highest BCUT2D eigenvalue weighted by Gasteiger charge is 2.61. The second-order valence-electron chi connectivity index (χ2n) is 10.5. The van der Waals surface area contributed by atoms with Gasteiger partial charge >= 0.3 is 12.2 Å². The molecule has 9 nitrogen and oxygen atoms in total. The van der Waals surface area contributed by atoms with Crippen LogP contribution in [0.3, 0.4) is 0 Å². The Morgan fingerprint density at radius 1 is 1.21 bits per heavy atom. The molecule has 1 aromatic carbocycles. The molecule has 212 valence electrons. The van der Waals surface area contributed by atoms with Gasteiger partial charge in [-0.25, -0.2) is 18.2 Å². The normalized spacial score (nSPS) is 25.1. The quantitative estimate of drug-likeness (QED) is 0.517. The van der Waals surface area contributed by atoms with E-state index in [4.69, 9.17) is 16.3 Å². The van der Waals surface area contributed by atoms with Gasteiger partial charge in [0.25, 0.3) is 0 Å². The zero-order valence-corrected chi connectivity index (χ0v) is 22.8. The molecule has 2 aromatic rings. The maximum atomic E-state index is 13.6. The van der Waals surface area contributed by atoms with Crippen molar-refractivity contribution in [2.24, 2.45) is 0 Å². The molecule has 5 rings (SSSR count). The van der Waals surface area contributed by atoms with E-state index in [0.717, 1.165) is 11.8 Å². The lowest BCUT2D eigenvalue weighted by molar-refractivity contribution is -0.277. The van der Waals surface area contributed by atoms with E-state index in [9.17, 15) is 31.5 Å². The number of alkyl halides is 3. The number of piperidine rings is 1. The number of aliphatic hydroxyl groups is 1. The summed E-state index contributed by atoms with van der Waals surface area (Å²) in [6.45, 7) is 2.46. The fourth-order valence-corrected chi connectivity index (χ4v) is 6.61. The Kier molecular flexibility index (Phi) is 6.91. The molecule has 0 radical (unpaired) electrons. The summed E-state index contributed by atoms with van der Waals surface area (Å²) in [4.78, 5) is 20.8. The first-order valence-corrected chi connectivity index (χ1v) is 14.7. The van der Waals surface area contributed by atoms with Crippen LogP contribution in [0.25, 0.3) is 11.1 Å². The number of hydrogen-bond donors (Lipinski definition) is 2. The molecule has 2 saturated heterocycles. The minimum Gasteiger partial charge on any atom is -0.491 e. The summed E-state index contributed by atoms with van der Waals surface area (Å²) >= 11 is 6.07. The second kappa shape index (κ2) is 9.70. The number of rotatable bonds is 3. The molecule has 3 aliphatic rings. The third-order valence-electron chi connectivity index (χ3n) is 7.57. The van der Waals surface area contributed by atoms with Crippen molar-refractivity contribution in [1.82, 2.24) is 14.8 Å².